The molecule has 0 fully saturated rings. The molecule has 0 saturated heterocycles. The molecule has 0 unspecified atom stereocenters. The van der Waals surface area contributed by atoms with Crippen molar-refractivity contribution in [3.63, 3.8) is 0 Å². The van der Waals surface area contributed by atoms with Crippen LogP contribution in [-0.4, -0.2) is 33.2 Å². The molecule has 1 amide bonds. The number of halogens is 1. The molecule has 7 nitrogen and oxygen atoms in total. The summed E-state index contributed by atoms with van der Waals surface area (Å²) in [6, 6.07) is 13.1. The van der Waals surface area contributed by atoms with Crippen molar-refractivity contribution in [2.45, 2.75) is 19.3 Å². The third kappa shape index (κ3) is 4.58. The van der Waals surface area contributed by atoms with Gasteiger partial charge in [0.25, 0.3) is 0 Å². The number of nitrogens with zero attached hydrogens (tertiary/aromatic N) is 4. The monoisotopic (exact) mass is 371 g/mol. The van der Waals surface area contributed by atoms with Crippen LogP contribution in [0.4, 0.5) is 5.69 Å². The van der Waals surface area contributed by atoms with Crippen LogP contribution in [0.1, 0.15) is 18.4 Å². The highest BCUT2D eigenvalue weighted by Crippen LogP contribution is 2.24. The van der Waals surface area contributed by atoms with Gasteiger partial charge in [0, 0.05) is 6.42 Å². The Bertz CT molecular complexity index is 866. The number of aromatic nitrogens is 4. The number of methoxy groups -OCH3 is 1. The first kappa shape index (κ1) is 17.9. The quantitative estimate of drug-likeness (QED) is 0.689. The molecule has 1 N–H and O–H groups in total. The van der Waals surface area contributed by atoms with Gasteiger partial charge in [-0.1, -0.05) is 23.7 Å². The molecule has 0 radical (unpaired) electrons. The van der Waals surface area contributed by atoms with E-state index in [2.05, 4.69) is 20.8 Å². The molecule has 3 rings (SSSR count). The van der Waals surface area contributed by atoms with Gasteiger partial charge in [0.2, 0.25) is 5.91 Å². The molecular weight excluding hydrogens is 354 g/mol. The van der Waals surface area contributed by atoms with Gasteiger partial charge in [-0.3, -0.25) is 4.79 Å². The van der Waals surface area contributed by atoms with Gasteiger partial charge in [0.1, 0.15) is 12.1 Å². The predicted molar refractivity (Wildman–Crippen MR) is 98.7 cm³/mol. The lowest BCUT2D eigenvalue weighted by atomic mass is 10.1. The lowest BCUT2D eigenvalue weighted by molar-refractivity contribution is -0.116. The molecule has 0 atom stereocenters. The van der Waals surface area contributed by atoms with Crippen LogP contribution in [0.5, 0.6) is 5.75 Å². The Hall–Kier alpha value is -2.93. The minimum Gasteiger partial charge on any atom is -0.497 e. The van der Waals surface area contributed by atoms with Gasteiger partial charge in [0.05, 0.1) is 23.5 Å². The molecule has 1 heterocycles. The van der Waals surface area contributed by atoms with Gasteiger partial charge < -0.3 is 10.1 Å². The SMILES string of the molecule is COc1ccc(CCCC(=O)Nc2cc(-n3cnnn3)ccc2Cl)cc1. The molecule has 3 aromatic rings. The van der Waals surface area contributed by atoms with Gasteiger partial charge in [-0.15, -0.1) is 5.10 Å². The van der Waals surface area contributed by atoms with Crippen LogP contribution >= 0.6 is 11.6 Å². The van der Waals surface area contributed by atoms with Crippen molar-refractivity contribution in [1.82, 2.24) is 20.2 Å². The van der Waals surface area contributed by atoms with Crippen LogP contribution in [0.25, 0.3) is 5.69 Å². The Kier molecular flexibility index (Phi) is 5.80. The zero-order valence-corrected chi connectivity index (χ0v) is 15.0. The Balaban J connectivity index is 1.55. The van der Waals surface area contributed by atoms with Crippen molar-refractivity contribution in [2.24, 2.45) is 0 Å². The van der Waals surface area contributed by atoms with Crippen LogP contribution in [0.2, 0.25) is 5.02 Å². The maximum atomic E-state index is 12.2. The standard InChI is InChI=1S/C18H18ClN5O2/c1-26-15-8-5-13(6-9-15)3-2-4-18(25)21-17-11-14(7-10-16(17)19)24-12-20-22-23-24/h5-12H,2-4H2,1H3,(H,21,25). The first-order chi connectivity index (χ1) is 12.7. The number of rotatable bonds is 7. The maximum absolute atomic E-state index is 12.2. The van der Waals surface area contributed by atoms with Crippen LogP contribution in [0.3, 0.4) is 0 Å². The molecule has 26 heavy (non-hydrogen) atoms. The van der Waals surface area contributed by atoms with E-state index in [0.29, 0.717) is 22.8 Å². The van der Waals surface area contributed by atoms with Crippen molar-refractivity contribution in [3.05, 3.63) is 59.4 Å². The highest BCUT2D eigenvalue weighted by Gasteiger charge is 2.09. The number of ether oxygens (including phenoxy) is 1. The fourth-order valence-electron chi connectivity index (χ4n) is 2.49. The van der Waals surface area contributed by atoms with Crippen LogP contribution in [-0.2, 0) is 11.2 Å². The highest BCUT2D eigenvalue weighted by atomic mass is 35.5. The minimum atomic E-state index is -0.0886. The second-order valence-corrected chi connectivity index (χ2v) is 6.08. The average Bonchev–Trinajstić information content (AvgIpc) is 3.19. The molecule has 0 saturated carbocycles. The van der Waals surface area contributed by atoms with Gasteiger partial charge >= 0.3 is 0 Å². The smallest absolute Gasteiger partial charge is 0.224 e. The number of aryl methyl sites for hydroxylation is 1. The number of benzene rings is 2. The van der Waals surface area contributed by atoms with E-state index in [1.165, 1.54) is 11.0 Å². The third-order valence-corrected chi connectivity index (χ3v) is 4.20. The maximum Gasteiger partial charge on any atom is 0.224 e. The lowest BCUT2D eigenvalue weighted by Crippen LogP contribution is -2.12. The zero-order valence-electron chi connectivity index (χ0n) is 14.2. The number of amides is 1. The number of anilines is 1. The summed E-state index contributed by atoms with van der Waals surface area (Å²) in [4.78, 5) is 12.2. The minimum absolute atomic E-state index is 0.0886. The number of tetrazole rings is 1. The summed E-state index contributed by atoms with van der Waals surface area (Å²) < 4.78 is 6.63. The van der Waals surface area contributed by atoms with Gasteiger partial charge in [-0.2, -0.15) is 0 Å². The summed E-state index contributed by atoms with van der Waals surface area (Å²) in [5, 5.41) is 14.3. The molecule has 1 aromatic heterocycles. The summed E-state index contributed by atoms with van der Waals surface area (Å²) in [6.07, 6.45) is 3.43. The number of carbonyl (C=O) groups is 1. The second kappa shape index (κ2) is 8.44. The molecule has 0 spiro atoms. The van der Waals surface area contributed by atoms with Crippen LogP contribution in [0.15, 0.2) is 48.8 Å². The zero-order chi connectivity index (χ0) is 18.4. The van der Waals surface area contributed by atoms with Gasteiger partial charge in [-0.25, -0.2) is 4.68 Å². The van der Waals surface area contributed by atoms with E-state index in [4.69, 9.17) is 16.3 Å². The van der Waals surface area contributed by atoms with E-state index in [1.807, 2.05) is 24.3 Å². The Labute approximate surface area is 155 Å². The third-order valence-electron chi connectivity index (χ3n) is 3.87. The highest BCUT2D eigenvalue weighted by molar-refractivity contribution is 6.33. The van der Waals surface area contributed by atoms with E-state index >= 15 is 0 Å². The van der Waals surface area contributed by atoms with Gasteiger partial charge in [-0.05, 0) is 59.2 Å². The molecule has 2 aromatic carbocycles. The predicted octanol–water partition coefficient (Wildman–Crippen LogP) is 3.29. The normalized spacial score (nSPS) is 10.5. The molecule has 0 aliphatic carbocycles. The number of hydrogen-bond donors (Lipinski definition) is 1. The fraction of sp³-hybridized carbons (Fsp3) is 0.222. The van der Waals surface area contributed by atoms with E-state index in [9.17, 15) is 4.79 Å². The fourth-order valence-corrected chi connectivity index (χ4v) is 2.65. The first-order valence-electron chi connectivity index (χ1n) is 8.11. The number of nitrogens with one attached hydrogen (secondary N) is 1. The Morgan fingerprint density at radius 3 is 2.73 bits per heavy atom. The average molecular weight is 372 g/mol. The number of carbonyl (C=O) groups excluding carboxylic acids is 1. The topological polar surface area (TPSA) is 81.9 Å². The van der Waals surface area contributed by atoms with Crippen molar-refractivity contribution in [2.75, 3.05) is 12.4 Å². The first-order valence-corrected chi connectivity index (χ1v) is 8.49. The van der Waals surface area contributed by atoms with E-state index < -0.39 is 0 Å². The largest absolute Gasteiger partial charge is 0.497 e. The summed E-state index contributed by atoms with van der Waals surface area (Å²) in [6.45, 7) is 0. The molecule has 134 valence electrons. The van der Waals surface area contributed by atoms with Crippen LogP contribution < -0.4 is 10.1 Å². The summed E-state index contributed by atoms with van der Waals surface area (Å²) >= 11 is 6.17. The Morgan fingerprint density at radius 2 is 2.04 bits per heavy atom. The summed E-state index contributed by atoms with van der Waals surface area (Å²) in [7, 11) is 1.64. The van der Waals surface area contributed by atoms with Crippen molar-refractivity contribution < 1.29 is 9.53 Å². The van der Waals surface area contributed by atoms with Gasteiger partial charge in [0.15, 0.2) is 0 Å². The molecule has 0 aliphatic rings. The van der Waals surface area contributed by atoms with Crippen molar-refractivity contribution in [1.29, 1.82) is 0 Å². The molecule has 8 heteroatoms. The number of hydrogen-bond acceptors (Lipinski definition) is 5. The van der Waals surface area contributed by atoms with Crippen molar-refractivity contribution >= 4 is 23.2 Å². The van der Waals surface area contributed by atoms with Crippen LogP contribution in [0, 0.1) is 0 Å². The summed E-state index contributed by atoms with van der Waals surface area (Å²) in [5.74, 6) is 0.734. The molecule has 0 aliphatic heterocycles. The Morgan fingerprint density at radius 1 is 1.23 bits per heavy atom. The van der Waals surface area contributed by atoms with E-state index in [1.54, 1.807) is 25.3 Å². The molecular formula is C18H18ClN5O2. The van der Waals surface area contributed by atoms with E-state index in [0.717, 1.165) is 24.2 Å². The summed E-state index contributed by atoms with van der Waals surface area (Å²) in [5.41, 5.74) is 2.42. The van der Waals surface area contributed by atoms with Crippen molar-refractivity contribution in [3.8, 4) is 11.4 Å². The molecule has 0 bridgehead atoms. The lowest BCUT2D eigenvalue weighted by Gasteiger charge is -2.09. The van der Waals surface area contributed by atoms with E-state index in [-0.39, 0.29) is 5.91 Å². The second-order valence-electron chi connectivity index (χ2n) is 5.67.